The predicted molar refractivity (Wildman–Crippen MR) is 108 cm³/mol. The zero-order valence-corrected chi connectivity index (χ0v) is 16.7. The standard InChI is InChI=1S/C21H18F2N2O4S/c1-29-20-9-5-2-6-14(20)13-24-30(27,28)15-10-11-19(18(23)12-15)25-21(26)16-7-3-4-8-17(16)22/h2-12,24H,13H2,1H3,(H,25,26). The Morgan fingerprint density at radius 2 is 1.67 bits per heavy atom. The number of hydrogen-bond acceptors (Lipinski definition) is 4. The van der Waals surface area contributed by atoms with Gasteiger partial charge in [-0.15, -0.1) is 0 Å². The maximum Gasteiger partial charge on any atom is 0.258 e. The molecule has 3 aromatic carbocycles. The summed E-state index contributed by atoms with van der Waals surface area (Å²) in [6.45, 7) is -0.0558. The van der Waals surface area contributed by atoms with Gasteiger partial charge in [0.2, 0.25) is 10.0 Å². The van der Waals surface area contributed by atoms with E-state index < -0.39 is 27.6 Å². The van der Waals surface area contributed by atoms with Crippen LogP contribution >= 0.6 is 0 Å². The summed E-state index contributed by atoms with van der Waals surface area (Å²) < 4.78 is 60.7. The van der Waals surface area contributed by atoms with Gasteiger partial charge in [-0.05, 0) is 36.4 Å². The summed E-state index contributed by atoms with van der Waals surface area (Å²) in [5.41, 5.74) is 0.0804. The summed E-state index contributed by atoms with van der Waals surface area (Å²) in [5, 5.41) is 2.23. The third-order valence-electron chi connectivity index (χ3n) is 4.26. The number of amides is 1. The number of hydrogen-bond donors (Lipinski definition) is 2. The van der Waals surface area contributed by atoms with Crippen molar-refractivity contribution in [3.8, 4) is 5.75 Å². The number of sulfonamides is 1. The van der Waals surface area contributed by atoms with Crippen LogP contribution in [0.4, 0.5) is 14.5 Å². The summed E-state index contributed by atoms with van der Waals surface area (Å²) in [5.74, 6) is -2.07. The molecule has 1 amide bonds. The molecule has 0 spiro atoms. The first kappa shape index (κ1) is 21.4. The number of para-hydroxylation sites is 1. The van der Waals surface area contributed by atoms with Crippen LogP contribution in [0, 0.1) is 11.6 Å². The highest BCUT2D eigenvalue weighted by atomic mass is 32.2. The first-order valence-electron chi connectivity index (χ1n) is 8.79. The van der Waals surface area contributed by atoms with Crippen molar-refractivity contribution in [1.82, 2.24) is 4.72 Å². The lowest BCUT2D eigenvalue weighted by molar-refractivity contribution is 0.102. The fraction of sp³-hybridized carbons (Fsp3) is 0.0952. The molecule has 9 heteroatoms. The molecule has 0 saturated heterocycles. The smallest absolute Gasteiger partial charge is 0.258 e. The molecule has 0 atom stereocenters. The first-order valence-corrected chi connectivity index (χ1v) is 10.3. The maximum atomic E-state index is 14.4. The van der Waals surface area contributed by atoms with E-state index in [2.05, 4.69) is 10.0 Å². The lowest BCUT2D eigenvalue weighted by Gasteiger charge is -2.12. The number of methoxy groups -OCH3 is 1. The van der Waals surface area contributed by atoms with Crippen molar-refractivity contribution in [1.29, 1.82) is 0 Å². The average Bonchev–Trinajstić information content (AvgIpc) is 2.74. The van der Waals surface area contributed by atoms with Crippen LogP contribution in [-0.4, -0.2) is 21.4 Å². The van der Waals surface area contributed by atoms with Crippen molar-refractivity contribution >= 4 is 21.6 Å². The minimum atomic E-state index is -4.03. The molecule has 0 unspecified atom stereocenters. The van der Waals surface area contributed by atoms with Gasteiger partial charge >= 0.3 is 0 Å². The van der Waals surface area contributed by atoms with Crippen LogP contribution in [0.2, 0.25) is 0 Å². The van der Waals surface area contributed by atoms with Gasteiger partial charge in [-0.1, -0.05) is 30.3 Å². The summed E-state index contributed by atoms with van der Waals surface area (Å²) in [6, 6.07) is 15.1. The van der Waals surface area contributed by atoms with Crippen LogP contribution in [0.25, 0.3) is 0 Å². The van der Waals surface area contributed by atoms with E-state index in [1.54, 1.807) is 24.3 Å². The van der Waals surface area contributed by atoms with E-state index >= 15 is 0 Å². The highest BCUT2D eigenvalue weighted by Gasteiger charge is 2.19. The van der Waals surface area contributed by atoms with Crippen LogP contribution in [0.1, 0.15) is 15.9 Å². The van der Waals surface area contributed by atoms with Crippen molar-refractivity contribution < 1.29 is 26.7 Å². The Balaban J connectivity index is 1.75. The third kappa shape index (κ3) is 4.81. The van der Waals surface area contributed by atoms with Crippen molar-refractivity contribution in [2.45, 2.75) is 11.4 Å². The van der Waals surface area contributed by atoms with Gasteiger partial charge in [-0.3, -0.25) is 4.79 Å². The van der Waals surface area contributed by atoms with Crippen LogP contribution in [0.3, 0.4) is 0 Å². The van der Waals surface area contributed by atoms with Crippen molar-refractivity contribution in [2.75, 3.05) is 12.4 Å². The number of benzene rings is 3. The molecule has 0 aliphatic heterocycles. The molecule has 0 bridgehead atoms. The zero-order valence-electron chi connectivity index (χ0n) is 15.9. The van der Waals surface area contributed by atoms with E-state index in [9.17, 15) is 22.0 Å². The number of carbonyl (C=O) groups excluding carboxylic acids is 1. The molecule has 156 valence electrons. The van der Waals surface area contributed by atoms with Crippen LogP contribution in [-0.2, 0) is 16.6 Å². The normalized spacial score (nSPS) is 11.2. The molecular weight excluding hydrogens is 414 g/mol. The quantitative estimate of drug-likeness (QED) is 0.596. The Kier molecular flexibility index (Phi) is 6.43. The molecule has 3 aromatic rings. The van der Waals surface area contributed by atoms with Gasteiger partial charge in [-0.25, -0.2) is 21.9 Å². The van der Waals surface area contributed by atoms with E-state index in [0.717, 1.165) is 24.3 Å². The molecule has 0 aromatic heterocycles. The molecule has 0 radical (unpaired) electrons. The van der Waals surface area contributed by atoms with Gasteiger partial charge in [0.25, 0.3) is 5.91 Å². The monoisotopic (exact) mass is 432 g/mol. The van der Waals surface area contributed by atoms with Crippen LogP contribution in [0.15, 0.2) is 71.6 Å². The van der Waals surface area contributed by atoms with Gasteiger partial charge in [0, 0.05) is 12.1 Å². The van der Waals surface area contributed by atoms with E-state index in [0.29, 0.717) is 11.3 Å². The van der Waals surface area contributed by atoms with Gasteiger partial charge < -0.3 is 10.1 Å². The summed E-state index contributed by atoms with van der Waals surface area (Å²) >= 11 is 0. The number of nitrogens with one attached hydrogen (secondary N) is 2. The number of carbonyl (C=O) groups is 1. The summed E-state index contributed by atoms with van der Waals surface area (Å²) in [7, 11) is -2.56. The van der Waals surface area contributed by atoms with E-state index in [-0.39, 0.29) is 22.7 Å². The Labute approximate surface area is 172 Å². The first-order chi connectivity index (χ1) is 14.3. The van der Waals surface area contributed by atoms with Crippen LogP contribution < -0.4 is 14.8 Å². The van der Waals surface area contributed by atoms with Gasteiger partial charge in [-0.2, -0.15) is 0 Å². The number of halogens is 2. The second-order valence-corrected chi connectivity index (χ2v) is 7.98. The number of anilines is 1. The lowest BCUT2D eigenvalue weighted by atomic mass is 10.2. The predicted octanol–water partition coefficient (Wildman–Crippen LogP) is 3.70. The molecule has 0 heterocycles. The molecule has 0 aliphatic carbocycles. The average molecular weight is 432 g/mol. The maximum absolute atomic E-state index is 14.4. The molecular formula is C21H18F2N2O4S. The molecule has 3 rings (SSSR count). The van der Waals surface area contributed by atoms with E-state index in [1.165, 1.54) is 25.3 Å². The Morgan fingerprint density at radius 1 is 0.967 bits per heavy atom. The minimum Gasteiger partial charge on any atom is -0.496 e. The zero-order chi connectivity index (χ0) is 21.7. The highest BCUT2D eigenvalue weighted by molar-refractivity contribution is 7.89. The largest absolute Gasteiger partial charge is 0.496 e. The second-order valence-electron chi connectivity index (χ2n) is 6.21. The van der Waals surface area contributed by atoms with E-state index in [4.69, 9.17) is 4.74 Å². The fourth-order valence-corrected chi connectivity index (χ4v) is 3.72. The molecule has 0 fully saturated rings. The molecule has 2 N–H and O–H groups in total. The van der Waals surface area contributed by atoms with Crippen molar-refractivity contribution in [3.05, 3.63) is 89.5 Å². The lowest BCUT2D eigenvalue weighted by Crippen LogP contribution is -2.24. The molecule has 0 saturated carbocycles. The third-order valence-corrected chi connectivity index (χ3v) is 5.66. The van der Waals surface area contributed by atoms with Gasteiger partial charge in [0.15, 0.2) is 0 Å². The molecule has 30 heavy (non-hydrogen) atoms. The van der Waals surface area contributed by atoms with Gasteiger partial charge in [0.05, 0.1) is 23.3 Å². The number of rotatable bonds is 7. The Morgan fingerprint density at radius 3 is 2.37 bits per heavy atom. The molecule has 0 aliphatic rings. The topological polar surface area (TPSA) is 84.5 Å². The van der Waals surface area contributed by atoms with Crippen molar-refractivity contribution in [2.24, 2.45) is 0 Å². The molecule has 6 nitrogen and oxygen atoms in total. The highest BCUT2D eigenvalue weighted by Crippen LogP contribution is 2.22. The second kappa shape index (κ2) is 9.02. The Hall–Kier alpha value is -3.30. The number of ether oxygens (including phenoxy) is 1. The minimum absolute atomic E-state index is 0.0558. The fourth-order valence-electron chi connectivity index (χ4n) is 2.70. The summed E-state index contributed by atoms with van der Waals surface area (Å²) in [6.07, 6.45) is 0. The van der Waals surface area contributed by atoms with Crippen molar-refractivity contribution in [3.63, 3.8) is 0 Å². The SMILES string of the molecule is COc1ccccc1CNS(=O)(=O)c1ccc(NC(=O)c2ccccc2F)c(F)c1. The van der Waals surface area contributed by atoms with E-state index in [1.807, 2.05) is 0 Å². The summed E-state index contributed by atoms with van der Waals surface area (Å²) in [4.78, 5) is 11.8. The van der Waals surface area contributed by atoms with Gasteiger partial charge in [0.1, 0.15) is 17.4 Å². The van der Waals surface area contributed by atoms with Crippen LogP contribution in [0.5, 0.6) is 5.75 Å². The Bertz CT molecular complexity index is 1180.